The molecule has 0 radical (unpaired) electrons. The molecule has 0 aliphatic carbocycles. The number of aromatic hydroxyl groups is 1. The van der Waals surface area contributed by atoms with Crippen molar-refractivity contribution in [2.24, 2.45) is 45.5 Å². The van der Waals surface area contributed by atoms with Crippen molar-refractivity contribution in [2.45, 2.75) is 235 Å². The zero-order valence-corrected chi connectivity index (χ0v) is 62.2. The van der Waals surface area contributed by atoms with Crippen molar-refractivity contribution in [1.29, 1.82) is 0 Å². The maximum atomic E-state index is 14.7. The molecule has 0 aromatic heterocycles. The summed E-state index contributed by atoms with van der Waals surface area (Å²) in [4.78, 5) is 257. The molecule has 0 saturated carbocycles. The van der Waals surface area contributed by atoms with Crippen LogP contribution in [0.25, 0.3) is 0 Å². The van der Waals surface area contributed by atoms with Gasteiger partial charge in [0.25, 0.3) is 0 Å². The summed E-state index contributed by atoms with van der Waals surface area (Å²) in [6.45, 7) is 9.32. The summed E-state index contributed by atoms with van der Waals surface area (Å²) in [6, 6.07) is -17.2. The molecule has 1 aromatic carbocycles. The van der Waals surface area contributed by atoms with Crippen molar-refractivity contribution in [2.75, 3.05) is 13.1 Å². The smallest absolute Gasteiger partial charge is 0.326 e. The van der Waals surface area contributed by atoms with Gasteiger partial charge in [-0.05, 0) is 108 Å². The molecule has 14 amide bonds. The molecule has 1 saturated heterocycles. The standard InChI is InChI=1S/C67H104N18O26/c1-30(2)27-36(68)65(109)85-26-8-10-45(85)62(106)83-52(31(3)4)63(107)74-32(5)54(98)75-37(9-7-25-73-67(71)72)55(99)81-43(28-34-11-13-35(87)14-12-34)60(104)78-38(15-20-46(69)88)59(103)82-44(29-47(70)89)61(105)84-53(33(6)86)64(108)79-41(18-23-50(94)95)57(101)76-39(16-21-48(90)91)56(100)77-40(17-22-49(92)93)58(102)80-42(66(110)111)19-24-51(96)97/h11-14,30-33,36-45,52-53,86-87H,7-10,15-29,68H2,1-6H3,(H2,69,88)(H2,70,89)(H,74,107)(H,75,98)(H,76,101)(H,77,100)(H,78,104)(H,79,108)(H,80,102)(H,81,99)(H,82,103)(H,83,106)(H,84,105)(H,90,91)(H,92,93)(H,94,95)(H,96,97)(H,110,111)(H4,71,72,73)/t32-,33+,36-,37-,38-,39-,40-,41-,42-,43-,44-,45-,52-,53-/m0/s1. The van der Waals surface area contributed by atoms with E-state index in [2.05, 4.69) is 52.8 Å². The van der Waals surface area contributed by atoms with Crippen LogP contribution in [0.1, 0.15) is 150 Å². The SMILES string of the molecule is CC(C)C[C@H](N)C(=O)N1CCC[C@H]1C(=O)N[C@H](C(=O)N[C@@H](C)C(=O)N[C@@H](CCCN=C(N)N)C(=O)N[C@@H](Cc1ccc(O)cc1)C(=O)N[C@@H](CCC(N)=O)C(=O)N[C@@H](CC(N)=O)C(=O)N[C@H](C(=O)N[C@@H](CCC(=O)O)C(=O)N[C@@H](CCC(=O)O)C(=O)N[C@@H](CCC(=O)O)C(=O)N[C@@H](CCC(=O)O)C(=O)O)[C@@H](C)O)C(C)C. The fraction of sp³-hybridized carbons (Fsp3) is 0.612. The first-order chi connectivity index (χ1) is 51.8. The number of aliphatic carboxylic acids is 5. The number of nitrogens with one attached hydrogen (secondary N) is 11. The number of aliphatic imine (C=N–C) groups is 1. The molecule has 28 N–H and O–H groups in total. The predicted molar refractivity (Wildman–Crippen MR) is 385 cm³/mol. The zero-order valence-electron chi connectivity index (χ0n) is 62.2. The van der Waals surface area contributed by atoms with Gasteiger partial charge in [-0.25, -0.2) is 4.79 Å². The van der Waals surface area contributed by atoms with Crippen molar-refractivity contribution in [3.8, 4) is 5.75 Å². The van der Waals surface area contributed by atoms with Gasteiger partial charge in [0.15, 0.2) is 5.96 Å². The van der Waals surface area contributed by atoms with Crippen LogP contribution in [0.15, 0.2) is 29.3 Å². The highest BCUT2D eigenvalue weighted by Gasteiger charge is 2.41. The number of nitrogens with zero attached hydrogens (tertiary/aromatic N) is 2. The van der Waals surface area contributed by atoms with Crippen molar-refractivity contribution < 1.29 is 127 Å². The van der Waals surface area contributed by atoms with Crippen molar-refractivity contribution in [3.63, 3.8) is 0 Å². The zero-order chi connectivity index (χ0) is 84.3. The minimum absolute atomic E-state index is 0.0192. The van der Waals surface area contributed by atoms with Crippen LogP contribution in [-0.4, -0.2) is 257 Å². The van der Waals surface area contributed by atoms with Crippen LogP contribution >= 0.6 is 0 Å². The van der Waals surface area contributed by atoms with Crippen LogP contribution in [-0.2, 0) is 97.5 Å². The Morgan fingerprint density at radius 1 is 0.468 bits per heavy atom. The van der Waals surface area contributed by atoms with E-state index in [1.54, 1.807) is 13.8 Å². The van der Waals surface area contributed by atoms with E-state index in [0.29, 0.717) is 12.8 Å². The predicted octanol–water partition coefficient (Wildman–Crippen LogP) is -7.57. The number of nitrogens with two attached hydrogens (primary N) is 5. The van der Waals surface area contributed by atoms with Gasteiger partial charge >= 0.3 is 29.8 Å². The number of benzene rings is 1. The molecule has 618 valence electrons. The summed E-state index contributed by atoms with van der Waals surface area (Å²) in [6.07, 6.45) is -10.9. The fourth-order valence-electron chi connectivity index (χ4n) is 11.1. The number of guanidine groups is 1. The van der Waals surface area contributed by atoms with E-state index in [9.17, 15) is 122 Å². The lowest BCUT2D eigenvalue weighted by molar-refractivity contribution is -0.144. The second-order valence-electron chi connectivity index (χ2n) is 27.2. The lowest BCUT2D eigenvalue weighted by Crippen LogP contribution is -2.62. The first-order valence-electron chi connectivity index (χ1n) is 35.4. The summed E-state index contributed by atoms with van der Waals surface area (Å²) >= 11 is 0. The van der Waals surface area contributed by atoms with Crippen LogP contribution in [0.3, 0.4) is 0 Å². The molecule has 1 fully saturated rings. The first-order valence-corrected chi connectivity index (χ1v) is 35.4. The number of likely N-dealkylation sites (tertiary alicyclic amines) is 1. The summed E-state index contributed by atoms with van der Waals surface area (Å²) in [5.41, 5.74) is 28.4. The normalized spacial score (nSPS) is 15.9. The minimum Gasteiger partial charge on any atom is -0.508 e. The van der Waals surface area contributed by atoms with Gasteiger partial charge in [0.2, 0.25) is 82.7 Å². The molecule has 0 bridgehead atoms. The maximum Gasteiger partial charge on any atom is 0.326 e. The fourth-order valence-corrected chi connectivity index (χ4v) is 11.1. The number of rotatable bonds is 51. The highest BCUT2D eigenvalue weighted by molar-refractivity contribution is 6.01. The number of carbonyl (C=O) groups excluding carboxylic acids is 14. The molecule has 2 rings (SSSR count). The van der Waals surface area contributed by atoms with Crippen LogP contribution in [0.5, 0.6) is 5.75 Å². The Balaban J connectivity index is 2.57. The lowest BCUT2D eigenvalue weighted by atomic mass is 10.0. The van der Waals surface area contributed by atoms with Crippen LogP contribution in [0.2, 0.25) is 0 Å². The quantitative estimate of drug-likeness (QED) is 0.0164. The van der Waals surface area contributed by atoms with Crippen LogP contribution in [0, 0.1) is 11.8 Å². The van der Waals surface area contributed by atoms with Gasteiger partial charge in [0.1, 0.15) is 78.3 Å². The summed E-state index contributed by atoms with van der Waals surface area (Å²) < 4.78 is 0. The summed E-state index contributed by atoms with van der Waals surface area (Å²) in [7, 11) is 0. The van der Waals surface area contributed by atoms with Gasteiger partial charge in [-0.3, -0.25) is 91.3 Å². The first kappa shape index (κ1) is 95.2. The van der Waals surface area contributed by atoms with Gasteiger partial charge in [-0.1, -0.05) is 39.8 Å². The van der Waals surface area contributed by atoms with E-state index < -0.39 is 280 Å². The molecule has 14 atom stereocenters. The number of primary amides is 2. The van der Waals surface area contributed by atoms with Crippen LogP contribution < -0.4 is 87.2 Å². The van der Waals surface area contributed by atoms with E-state index in [4.69, 9.17) is 33.8 Å². The second-order valence-corrected chi connectivity index (χ2v) is 27.2. The maximum absolute atomic E-state index is 14.7. The van der Waals surface area contributed by atoms with Crippen molar-refractivity contribution in [1.82, 2.24) is 63.4 Å². The number of carboxylic acid groups (broad SMARTS) is 5. The Labute approximate surface area is 636 Å². The van der Waals surface area contributed by atoms with E-state index in [1.807, 2.05) is 24.5 Å². The number of phenolic OH excluding ortho intramolecular Hbond substituents is 1. The molecule has 1 aromatic rings. The number of hydrogen-bond donors (Lipinski definition) is 23. The number of phenols is 1. The number of amides is 14. The van der Waals surface area contributed by atoms with Crippen molar-refractivity contribution >= 4 is 119 Å². The number of aliphatic hydroxyl groups is 1. The Bertz CT molecular complexity index is 3540. The number of carbonyl (C=O) groups is 19. The third-order valence-corrected chi connectivity index (χ3v) is 17.0. The van der Waals surface area contributed by atoms with Crippen LogP contribution in [0.4, 0.5) is 0 Å². The van der Waals surface area contributed by atoms with E-state index in [-0.39, 0.29) is 55.5 Å². The van der Waals surface area contributed by atoms with Gasteiger partial charge < -0.3 is 128 Å². The Kier molecular flexibility index (Phi) is 40.5. The molecule has 111 heavy (non-hydrogen) atoms. The lowest BCUT2D eigenvalue weighted by Gasteiger charge is -2.30. The highest BCUT2D eigenvalue weighted by atomic mass is 16.4. The number of aliphatic hydroxyl groups excluding tert-OH is 1. The highest BCUT2D eigenvalue weighted by Crippen LogP contribution is 2.21. The van der Waals surface area contributed by atoms with Gasteiger partial charge in [-0.2, -0.15) is 0 Å². The van der Waals surface area contributed by atoms with Gasteiger partial charge in [-0.15, -0.1) is 0 Å². The second kappa shape index (κ2) is 47.2. The van der Waals surface area contributed by atoms with Gasteiger partial charge in [0.05, 0.1) is 18.6 Å². The topological polar surface area (TPSA) is 744 Å². The van der Waals surface area contributed by atoms with Gasteiger partial charge in [0, 0.05) is 51.6 Å². The molecule has 1 heterocycles. The third kappa shape index (κ3) is 35.4. The molecule has 0 spiro atoms. The molecule has 1 aliphatic heterocycles. The minimum atomic E-state index is -2.25. The molecule has 0 unspecified atom stereocenters. The Morgan fingerprint density at radius 3 is 1.29 bits per heavy atom. The largest absolute Gasteiger partial charge is 0.508 e. The Morgan fingerprint density at radius 2 is 0.865 bits per heavy atom. The average Bonchev–Trinajstić information content (AvgIpc) is 1.25. The summed E-state index contributed by atoms with van der Waals surface area (Å²) in [5.74, 6) is -25.3. The monoisotopic (exact) mass is 1580 g/mol. The van der Waals surface area contributed by atoms with E-state index >= 15 is 0 Å². The molecule has 44 heteroatoms. The Hall–Kier alpha value is -11.9. The summed E-state index contributed by atoms with van der Waals surface area (Å²) in [5, 5.41) is 93.1. The van der Waals surface area contributed by atoms with E-state index in [0.717, 1.165) is 6.92 Å². The molecule has 44 nitrogen and oxygen atoms in total. The number of hydrogen-bond acceptors (Lipinski definition) is 23. The third-order valence-electron chi connectivity index (χ3n) is 17.0. The number of carboxylic acids is 5. The molecular weight excluding hydrogens is 1470 g/mol. The van der Waals surface area contributed by atoms with Crippen molar-refractivity contribution in [3.05, 3.63) is 29.8 Å². The van der Waals surface area contributed by atoms with E-state index in [1.165, 1.54) is 36.1 Å². The molecule has 1 aliphatic rings. The average molecular weight is 1580 g/mol. The molecular formula is C67H104N18O26.